The summed E-state index contributed by atoms with van der Waals surface area (Å²) in [5.41, 5.74) is 1.01. The number of carbonyl (C=O) groups is 2. The van der Waals surface area contributed by atoms with Crippen molar-refractivity contribution in [2.24, 2.45) is 0 Å². The van der Waals surface area contributed by atoms with E-state index in [0.717, 1.165) is 6.08 Å². The lowest BCUT2D eigenvalue weighted by atomic mass is 10.2. The van der Waals surface area contributed by atoms with Gasteiger partial charge in [0, 0.05) is 6.08 Å². The lowest BCUT2D eigenvalue weighted by molar-refractivity contribution is -0.138. The molecule has 1 aromatic heterocycles. The molecule has 0 aliphatic carbocycles. The van der Waals surface area contributed by atoms with Crippen molar-refractivity contribution in [3.63, 3.8) is 0 Å². The number of hydrogen-bond acceptors (Lipinski definition) is 8. The Morgan fingerprint density at radius 2 is 1.91 bits per heavy atom. The van der Waals surface area contributed by atoms with Gasteiger partial charge in [-0.05, 0) is 34.7 Å². The van der Waals surface area contributed by atoms with E-state index in [1.165, 1.54) is 4.68 Å². The molecular weight excluding hydrogens is 308 g/mol. The maximum absolute atomic E-state index is 11.8. The molecule has 0 fully saturated rings. The van der Waals surface area contributed by atoms with Gasteiger partial charge in [0.15, 0.2) is 0 Å². The third-order valence-electron chi connectivity index (χ3n) is 2.53. The summed E-state index contributed by atoms with van der Waals surface area (Å²) in [6.07, 6.45) is 1.04. The number of hydrogen-bond donors (Lipinski definition) is 1. The van der Waals surface area contributed by atoms with E-state index in [9.17, 15) is 9.59 Å². The summed E-state index contributed by atoms with van der Waals surface area (Å²) in [5.74, 6) is -1.09. The number of ether oxygens (including phenoxy) is 2. The highest BCUT2D eigenvalue weighted by Crippen LogP contribution is 2.12. The second kappa shape index (κ2) is 7.36. The first kappa shape index (κ1) is 15.7. The van der Waals surface area contributed by atoms with Crippen molar-refractivity contribution in [1.82, 2.24) is 20.2 Å². The van der Waals surface area contributed by atoms with Crippen molar-refractivity contribution >= 4 is 24.6 Å². The second-order valence-corrected chi connectivity index (χ2v) is 4.35. The largest absolute Gasteiger partial charge is 0.459 e. The molecule has 0 saturated heterocycles. The number of carbonyl (C=O) groups excluding carboxylic acids is 2. The fourth-order valence-corrected chi connectivity index (χ4v) is 1.70. The van der Waals surface area contributed by atoms with Gasteiger partial charge in [-0.25, -0.2) is 9.59 Å². The van der Waals surface area contributed by atoms with Crippen LogP contribution in [0.4, 0.5) is 0 Å². The molecule has 1 heterocycles. The molecule has 0 bridgehead atoms. The normalized spacial score (nSPS) is 10.0. The minimum absolute atomic E-state index is 0.0255. The summed E-state index contributed by atoms with van der Waals surface area (Å²) in [6.45, 7) is 3.19. The average molecular weight is 320 g/mol. The minimum Gasteiger partial charge on any atom is -0.459 e. The van der Waals surface area contributed by atoms with Crippen LogP contribution in [-0.2, 0) is 14.3 Å². The van der Waals surface area contributed by atoms with Gasteiger partial charge in [0.2, 0.25) is 5.16 Å². The fourth-order valence-electron chi connectivity index (χ4n) is 1.51. The number of tetrazole rings is 1. The van der Waals surface area contributed by atoms with Gasteiger partial charge >= 0.3 is 11.9 Å². The molecule has 0 saturated carbocycles. The van der Waals surface area contributed by atoms with Gasteiger partial charge < -0.3 is 9.47 Å². The van der Waals surface area contributed by atoms with Crippen molar-refractivity contribution in [2.75, 3.05) is 13.2 Å². The zero-order valence-corrected chi connectivity index (χ0v) is 12.3. The first-order chi connectivity index (χ1) is 10.6. The Morgan fingerprint density at radius 1 is 1.23 bits per heavy atom. The third kappa shape index (κ3) is 3.92. The van der Waals surface area contributed by atoms with Gasteiger partial charge in [0.25, 0.3) is 0 Å². The molecule has 0 aliphatic rings. The zero-order chi connectivity index (χ0) is 15.9. The summed E-state index contributed by atoms with van der Waals surface area (Å²) >= 11 is 4.09. The molecule has 114 valence electrons. The number of esters is 2. The summed E-state index contributed by atoms with van der Waals surface area (Å²) in [6, 6.07) is 6.46. The SMILES string of the molecule is C=CC(=O)OCCOC(=O)c1ccc(-n2nnnc2S)cc1. The lowest BCUT2D eigenvalue weighted by Gasteiger charge is -2.06. The standard InChI is InChI=1S/C13H12N4O4S/c1-2-11(18)20-7-8-21-12(19)9-3-5-10(6-4-9)17-13(22)14-15-16-17/h2-6H,1,7-8H2,(H,14,16,22). The molecule has 2 rings (SSSR count). The summed E-state index contributed by atoms with van der Waals surface area (Å²) < 4.78 is 11.1. The molecule has 0 unspecified atom stereocenters. The molecule has 22 heavy (non-hydrogen) atoms. The molecule has 0 atom stereocenters. The summed E-state index contributed by atoms with van der Waals surface area (Å²) in [4.78, 5) is 22.6. The van der Waals surface area contributed by atoms with Crippen LogP contribution >= 0.6 is 12.6 Å². The monoisotopic (exact) mass is 320 g/mol. The van der Waals surface area contributed by atoms with Crippen LogP contribution in [0, 0.1) is 0 Å². The number of rotatable bonds is 6. The van der Waals surface area contributed by atoms with E-state index >= 15 is 0 Å². The third-order valence-corrected chi connectivity index (χ3v) is 2.81. The van der Waals surface area contributed by atoms with Gasteiger partial charge in [0.1, 0.15) is 13.2 Å². The Balaban J connectivity index is 1.90. The van der Waals surface area contributed by atoms with Gasteiger partial charge in [-0.1, -0.05) is 6.58 Å². The average Bonchev–Trinajstić information content (AvgIpc) is 2.97. The smallest absolute Gasteiger partial charge is 0.338 e. The quantitative estimate of drug-likeness (QED) is 0.364. The second-order valence-electron chi connectivity index (χ2n) is 3.95. The van der Waals surface area contributed by atoms with Crippen LogP contribution in [0.5, 0.6) is 0 Å². The molecule has 0 aliphatic heterocycles. The van der Waals surface area contributed by atoms with Crippen molar-refractivity contribution < 1.29 is 19.1 Å². The predicted molar refractivity (Wildman–Crippen MR) is 77.8 cm³/mol. The molecule has 1 aromatic carbocycles. The maximum Gasteiger partial charge on any atom is 0.338 e. The maximum atomic E-state index is 11.8. The Morgan fingerprint density at radius 3 is 2.50 bits per heavy atom. The van der Waals surface area contributed by atoms with E-state index < -0.39 is 11.9 Å². The summed E-state index contributed by atoms with van der Waals surface area (Å²) in [7, 11) is 0. The molecule has 8 nitrogen and oxygen atoms in total. The van der Waals surface area contributed by atoms with E-state index in [0.29, 0.717) is 16.4 Å². The Kier molecular flexibility index (Phi) is 5.26. The molecule has 0 N–H and O–H groups in total. The van der Waals surface area contributed by atoms with Crippen molar-refractivity contribution in [1.29, 1.82) is 0 Å². The highest BCUT2D eigenvalue weighted by molar-refractivity contribution is 7.80. The van der Waals surface area contributed by atoms with E-state index in [-0.39, 0.29) is 13.2 Å². The van der Waals surface area contributed by atoms with Crippen LogP contribution in [0.3, 0.4) is 0 Å². The van der Waals surface area contributed by atoms with E-state index in [1.54, 1.807) is 24.3 Å². The Hall–Kier alpha value is -2.68. The highest BCUT2D eigenvalue weighted by Gasteiger charge is 2.09. The number of aromatic nitrogens is 4. The van der Waals surface area contributed by atoms with E-state index in [1.807, 2.05) is 0 Å². The van der Waals surface area contributed by atoms with Gasteiger partial charge in [0.05, 0.1) is 11.3 Å². The van der Waals surface area contributed by atoms with Crippen molar-refractivity contribution in [3.05, 3.63) is 42.5 Å². The fraction of sp³-hybridized carbons (Fsp3) is 0.154. The van der Waals surface area contributed by atoms with Crippen LogP contribution in [0.2, 0.25) is 0 Å². The van der Waals surface area contributed by atoms with Crippen LogP contribution in [0.25, 0.3) is 5.69 Å². The molecule has 0 spiro atoms. The molecule has 0 radical (unpaired) electrons. The molecular formula is C13H12N4O4S. The van der Waals surface area contributed by atoms with E-state index in [2.05, 4.69) is 34.7 Å². The van der Waals surface area contributed by atoms with Crippen LogP contribution < -0.4 is 0 Å². The van der Waals surface area contributed by atoms with E-state index in [4.69, 9.17) is 9.47 Å². The topological polar surface area (TPSA) is 96.2 Å². The molecule has 9 heteroatoms. The van der Waals surface area contributed by atoms with Crippen molar-refractivity contribution in [2.45, 2.75) is 5.16 Å². The number of benzene rings is 1. The first-order valence-electron chi connectivity index (χ1n) is 6.16. The molecule has 0 amide bonds. The lowest BCUT2D eigenvalue weighted by Crippen LogP contribution is -2.13. The highest BCUT2D eigenvalue weighted by atomic mass is 32.1. The number of thiol groups is 1. The molecule has 2 aromatic rings. The van der Waals surface area contributed by atoms with Gasteiger partial charge in [-0.2, -0.15) is 4.68 Å². The van der Waals surface area contributed by atoms with Crippen LogP contribution in [0.15, 0.2) is 42.1 Å². The zero-order valence-electron chi connectivity index (χ0n) is 11.4. The van der Waals surface area contributed by atoms with Gasteiger partial charge in [-0.15, -0.1) is 17.7 Å². The Labute approximate surface area is 131 Å². The first-order valence-corrected chi connectivity index (χ1v) is 6.60. The predicted octanol–water partition coefficient (Wildman–Crippen LogP) is 0.837. The van der Waals surface area contributed by atoms with Crippen LogP contribution in [0.1, 0.15) is 10.4 Å². The van der Waals surface area contributed by atoms with Gasteiger partial charge in [-0.3, -0.25) is 0 Å². The minimum atomic E-state index is -0.565. The number of nitrogens with zero attached hydrogens (tertiary/aromatic N) is 4. The Bertz CT molecular complexity index is 684. The van der Waals surface area contributed by atoms with Crippen molar-refractivity contribution in [3.8, 4) is 5.69 Å². The summed E-state index contributed by atoms with van der Waals surface area (Å²) in [5, 5.41) is 11.2. The van der Waals surface area contributed by atoms with Crippen LogP contribution in [-0.4, -0.2) is 45.4 Å².